The Balaban J connectivity index is 1.14. The first-order valence-corrected chi connectivity index (χ1v) is 12.2. The van der Waals surface area contributed by atoms with Crippen LogP contribution in [0.15, 0.2) is 53.5 Å². The molecule has 5 rings (SSSR count). The fourth-order valence-electron chi connectivity index (χ4n) is 5.37. The number of anilines is 1. The van der Waals surface area contributed by atoms with Crippen LogP contribution >= 0.6 is 0 Å². The zero-order valence-corrected chi connectivity index (χ0v) is 20.2. The van der Waals surface area contributed by atoms with Crippen molar-refractivity contribution in [3.63, 3.8) is 0 Å². The molecule has 2 aromatic rings. The highest BCUT2D eigenvalue weighted by Gasteiger charge is 2.55. The summed E-state index contributed by atoms with van der Waals surface area (Å²) in [5.74, 6) is 0.162. The zero-order chi connectivity index (χ0) is 25.5. The first-order chi connectivity index (χ1) is 17.1. The van der Waals surface area contributed by atoms with Crippen LogP contribution < -0.4 is 20.7 Å². The van der Waals surface area contributed by atoms with Gasteiger partial charge in [0.15, 0.2) is 6.29 Å². The molecule has 10 heteroatoms. The molecule has 36 heavy (non-hydrogen) atoms. The topological polar surface area (TPSA) is 78.0 Å². The van der Waals surface area contributed by atoms with E-state index < -0.39 is 12.1 Å². The third kappa shape index (κ3) is 5.28. The lowest BCUT2D eigenvalue weighted by Crippen LogP contribution is -2.47. The van der Waals surface area contributed by atoms with Gasteiger partial charge >= 0.3 is 6.36 Å². The van der Waals surface area contributed by atoms with Gasteiger partial charge in [0.25, 0.3) is 5.91 Å². The van der Waals surface area contributed by atoms with E-state index in [9.17, 15) is 18.0 Å². The second kappa shape index (κ2) is 9.31. The van der Waals surface area contributed by atoms with Crippen LogP contribution in [0.1, 0.15) is 48.0 Å². The van der Waals surface area contributed by atoms with Gasteiger partial charge in [-0.2, -0.15) is 0 Å². The summed E-state index contributed by atoms with van der Waals surface area (Å²) in [5.41, 5.74) is 2.36. The number of carbonyl (C=O) groups excluding carboxylic acids is 1. The van der Waals surface area contributed by atoms with Gasteiger partial charge in [0.2, 0.25) is 0 Å². The standard InChI is InChI=1S/C26H30F3N5O2/c1-34(2)22-19-8-3-4-9-20(19)31-24(33-22)30-17-10-12-25(13-11-17)15-21(25)32-23(35)16-6-5-7-18(14-16)36-26(27,28)29/h3-9,14,17,21,24,30-31H,10-13,15H2,1-2H3,(H,32,35)/t17?,21-,24?,25?/m1/s1. The molecule has 2 fully saturated rings. The fraction of sp³-hybridized carbons (Fsp3) is 0.462. The average Bonchev–Trinajstić information content (AvgIpc) is 3.49. The van der Waals surface area contributed by atoms with Crippen molar-refractivity contribution in [2.24, 2.45) is 10.4 Å². The van der Waals surface area contributed by atoms with Gasteiger partial charge in [-0.05, 0) is 67.9 Å². The molecule has 0 radical (unpaired) electrons. The summed E-state index contributed by atoms with van der Waals surface area (Å²) in [6, 6.07) is 13.7. The number of rotatable bonds is 5. The number of benzene rings is 2. The number of amides is 1. The van der Waals surface area contributed by atoms with Gasteiger partial charge in [-0.15, -0.1) is 13.2 Å². The Labute approximate surface area is 208 Å². The third-order valence-electron chi connectivity index (χ3n) is 7.33. The fourth-order valence-corrected chi connectivity index (χ4v) is 5.37. The highest BCUT2D eigenvalue weighted by molar-refractivity contribution is 6.04. The minimum absolute atomic E-state index is 0.0381. The Kier molecular flexibility index (Phi) is 6.32. The van der Waals surface area contributed by atoms with Gasteiger partial charge in [-0.3, -0.25) is 10.1 Å². The van der Waals surface area contributed by atoms with Crippen LogP contribution in [-0.2, 0) is 0 Å². The number of para-hydroxylation sites is 1. The minimum Gasteiger partial charge on any atom is -0.406 e. The molecule has 2 aromatic carbocycles. The molecule has 3 N–H and O–H groups in total. The van der Waals surface area contributed by atoms with E-state index in [-0.39, 0.29) is 29.2 Å². The SMILES string of the molecule is CN(C)C1=NC(NC2CCC3(CC2)C[C@H]3NC(=O)c2cccc(OC(F)(F)F)c2)Nc2ccccc21. The van der Waals surface area contributed by atoms with Crippen molar-refractivity contribution in [3.05, 3.63) is 59.7 Å². The molecule has 2 atom stereocenters. The number of fused-ring (bicyclic) bond motifs is 1. The number of hydrogen-bond donors (Lipinski definition) is 3. The molecular formula is C26H30F3N5O2. The van der Waals surface area contributed by atoms with Crippen molar-refractivity contribution >= 4 is 17.4 Å². The molecule has 1 spiro atoms. The molecule has 0 aromatic heterocycles. The van der Waals surface area contributed by atoms with Crippen molar-refractivity contribution in [2.45, 2.75) is 56.8 Å². The number of nitrogens with zero attached hydrogens (tertiary/aromatic N) is 2. The van der Waals surface area contributed by atoms with E-state index in [1.165, 1.54) is 18.2 Å². The number of halogens is 3. The van der Waals surface area contributed by atoms with E-state index in [2.05, 4.69) is 32.8 Å². The molecule has 192 valence electrons. The summed E-state index contributed by atoms with van der Waals surface area (Å²) in [6.45, 7) is 0. The molecule has 2 aliphatic carbocycles. The molecule has 1 aliphatic heterocycles. The van der Waals surface area contributed by atoms with Gasteiger partial charge in [-0.25, -0.2) is 4.99 Å². The summed E-state index contributed by atoms with van der Waals surface area (Å²) in [7, 11) is 3.98. The van der Waals surface area contributed by atoms with E-state index in [0.717, 1.165) is 55.3 Å². The Morgan fingerprint density at radius 3 is 2.61 bits per heavy atom. The van der Waals surface area contributed by atoms with Crippen LogP contribution in [0, 0.1) is 5.41 Å². The highest BCUT2D eigenvalue weighted by Crippen LogP contribution is 2.56. The van der Waals surface area contributed by atoms with Gasteiger partial charge in [0.1, 0.15) is 11.6 Å². The first-order valence-electron chi connectivity index (χ1n) is 12.2. The molecular weight excluding hydrogens is 471 g/mol. The highest BCUT2D eigenvalue weighted by atomic mass is 19.4. The lowest BCUT2D eigenvalue weighted by atomic mass is 9.82. The molecule has 1 unspecified atom stereocenters. The van der Waals surface area contributed by atoms with Crippen LogP contribution in [0.2, 0.25) is 0 Å². The predicted octanol–water partition coefficient (Wildman–Crippen LogP) is 4.32. The molecule has 0 bridgehead atoms. The number of alkyl halides is 3. The maximum atomic E-state index is 12.7. The number of aliphatic imine (C=N–C) groups is 1. The first kappa shape index (κ1) is 24.4. The van der Waals surface area contributed by atoms with Crippen molar-refractivity contribution in [1.29, 1.82) is 0 Å². The van der Waals surface area contributed by atoms with E-state index >= 15 is 0 Å². The molecule has 2 saturated carbocycles. The Morgan fingerprint density at radius 2 is 1.89 bits per heavy atom. The Hall–Kier alpha value is -3.27. The summed E-state index contributed by atoms with van der Waals surface area (Å²) in [4.78, 5) is 19.6. The van der Waals surface area contributed by atoms with Gasteiger partial charge < -0.3 is 20.3 Å². The van der Waals surface area contributed by atoms with Crippen molar-refractivity contribution in [1.82, 2.24) is 15.5 Å². The quantitative estimate of drug-likeness (QED) is 0.569. The molecule has 0 saturated heterocycles. The smallest absolute Gasteiger partial charge is 0.406 e. The maximum absolute atomic E-state index is 12.7. The van der Waals surface area contributed by atoms with Crippen molar-refractivity contribution < 1.29 is 22.7 Å². The maximum Gasteiger partial charge on any atom is 0.573 e. The van der Waals surface area contributed by atoms with Crippen LogP contribution in [0.4, 0.5) is 18.9 Å². The Morgan fingerprint density at radius 1 is 1.14 bits per heavy atom. The summed E-state index contributed by atoms with van der Waals surface area (Å²) in [5, 5.41) is 10.1. The van der Waals surface area contributed by atoms with Gasteiger partial charge in [0, 0.05) is 43.0 Å². The van der Waals surface area contributed by atoms with E-state index in [1.54, 1.807) is 0 Å². The zero-order valence-electron chi connectivity index (χ0n) is 20.2. The van der Waals surface area contributed by atoms with E-state index in [0.29, 0.717) is 6.04 Å². The van der Waals surface area contributed by atoms with Crippen LogP contribution in [-0.4, -0.2) is 55.5 Å². The lowest BCUT2D eigenvalue weighted by Gasteiger charge is -2.35. The van der Waals surface area contributed by atoms with E-state index in [4.69, 9.17) is 4.99 Å². The van der Waals surface area contributed by atoms with E-state index in [1.807, 2.05) is 31.1 Å². The molecule has 1 amide bonds. The minimum atomic E-state index is -4.79. The molecule has 7 nitrogen and oxygen atoms in total. The number of amidine groups is 1. The lowest BCUT2D eigenvalue weighted by molar-refractivity contribution is -0.274. The number of nitrogens with one attached hydrogen (secondary N) is 3. The summed E-state index contributed by atoms with van der Waals surface area (Å²) >= 11 is 0. The predicted molar refractivity (Wildman–Crippen MR) is 131 cm³/mol. The van der Waals surface area contributed by atoms with Crippen molar-refractivity contribution in [2.75, 3.05) is 19.4 Å². The normalized spacial score (nSPS) is 26.9. The Bertz CT molecular complexity index is 1160. The number of carbonyl (C=O) groups is 1. The van der Waals surface area contributed by atoms with Crippen LogP contribution in [0.5, 0.6) is 5.75 Å². The molecule has 1 heterocycles. The van der Waals surface area contributed by atoms with Crippen LogP contribution in [0.3, 0.4) is 0 Å². The van der Waals surface area contributed by atoms with Gasteiger partial charge in [0.05, 0.1) is 0 Å². The average molecular weight is 502 g/mol. The number of ether oxygens (including phenoxy) is 1. The largest absolute Gasteiger partial charge is 0.573 e. The second-order valence-electron chi connectivity index (χ2n) is 10.0. The van der Waals surface area contributed by atoms with Gasteiger partial charge in [-0.1, -0.05) is 18.2 Å². The summed E-state index contributed by atoms with van der Waals surface area (Å²) < 4.78 is 41.4. The third-order valence-corrected chi connectivity index (χ3v) is 7.33. The summed E-state index contributed by atoms with van der Waals surface area (Å²) in [6.07, 6.45) is -0.236. The molecule has 3 aliphatic rings. The monoisotopic (exact) mass is 501 g/mol. The van der Waals surface area contributed by atoms with Crippen molar-refractivity contribution in [3.8, 4) is 5.75 Å². The van der Waals surface area contributed by atoms with Crippen LogP contribution in [0.25, 0.3) is 0 Å². The number of hydrogen-bond acceptors (Lipinski definition) is 6. The second-order valence-corrected chi connectivity index (χ2v) is 10.0.